The largest absolute Gasteiger partial charge is 0.385 e. The molecular weight excluding hydrogens is 351 g/mol. The van der Waals surface area contributed by atoms with E-state index >= 15 is 0 Å². The summed E-state index contributed by atoms with van der Waals surface area (Å²) >= 11 is 0. The summed E-state index contributed by atoms with van der Waals surface area (Å²) in [5, 5.41) is 2.63. The van der Waals surface area contributed by atoms with Gasteiger partial charge in [-0.1, -0.05) is 6.07 Å². The maximum atomic E-state index is 13.4. The highest BCUT2D eigenvalue weighted by atomic mass is 19.1. The number of nitrogens with one attached hydrogen (secondary N) is 1. The standard InChI is InChI=1S/C20H19FN2O4/c1-12-4-6-14(21)11-17(12)22-18(24)13-5-7-15-16(10-13)20(26)23(19(15)25)8-3-9-27-2/h4-7,10-11H,3,8-9H2,1-2H3,(H,22,24). The third kappa shape index (κ3) is 3.73. The number of amides is 3. The summed E-state index contributed by atoms with van der Waals surface area (Å²) in [6.07, 6.45) is 0.536. The Morgan fingerprint density at radius 2 is 1.85 bits per heavy atom. The van der Waals surface area contributed by atoms with Crippen molar-refractivity contribution in [2.75, 3.05) is 25.6 Å². The van der Waals surface area contributed by atoms with Crippen LogP contribution in [0.25, 0.3) is 0 Å². The van der Waals surface area contributed by atoms with Crippen LogP contribution in [0.4, 0.5) is 10.1 Å². The molecule has 0 saturated carbocycles. The van der Waals surface area contributed by atoms with E-state index in [1.54, 1.807) is 20.1 Å². The van der Waals surface area contributed by atoms with Gasteiger partial charge in [0.25, 0.3) is 17.7 Å². The van der Waals surface area contributed by atoms with Gasteiger partial charge in [0.1, 0.15) is 5.82 Å². The summed E-state index contributed by atoms with van der Waals surface area (Å²) in [7, 11) is 1.55. The van der Waals surface area contributed by atoms with Crippen LogP contribution in [0.2, 0.25) is 0 Å². The Balaban J connectivity index is 1.81. The SMILES string of the molecule is COCCCN1C(=O)c2ccc(C(=O)Nc3cc(F)ccc3C)cc2C1=O. The van der Waals surface area contributed by atoms with Gasteiger partial charge < -0.3 is 10.1 Å². The van der Waals surface area contributed by atoms with E-state index in [1.165, 1.54) is 30.3 Å². The molecule has 1 aliphatic heterocycles. The fourth-order valence-electron chi connectivity index (χ4n) is 2.93. The Bertz CT molecular complexity index is 926. The van der Waals surface area contributed by atoms with Gasteiger partial charge in [0.15, 0.2) is 0 Å². The van der Waals surface area contributed by atoms with Gasteiger partial charge in [-0.2, -0.15) is 0 Å². The quantitative estimate of drug-likeness (QED) is 0.626. The minimum Gasteiger partial charge on any atom is -0.385 e. The van der Waals surface area contributed by atoms with Gasteiger partial charge in [-0.15, -0.1) is 0 Å². The van der Waals surface area contributed by atoms with Crippen LogP contribution in [0, 0.1) is 12.7 Å². The number of rotatable bonds is 6. The van der Waals surface area contributed by atoms with E-state index < -0.39 is 17.6 Å². The number of hydrogen-bond acceptors (Lipinski definition) is 4. The number of fused-ring (bicyclic) bond motifs is 1. The van der Waals surface area contributed by atoms with E-state index in [0.29, 0.717) is 24.3 Å². The van der Waals surface area contributed by atoms with Gasteiger partial charge >= 0.3 is 0 Å². The Labute approximate surface area is 155 Å². The second kappa shape index (κ2) is 7.67. The van der Waals surface area contributed by atoms with E-state index in [1.807, 2.05) is 0 Å². The molecule has 0 atom stereocenters. The number of hydrogen-bond donors (Lipinski definition) is 1. The molecule has 0 aliphatic carbocycles. The van der Waals surface area contributed by atoms with Crippen molar-refractivity contribution in [3.05, 3.63) is 64.5 Å². The number of nitrogens with zero attached hydrogens (tertiary/aromatic N) is 1. The Hall–Kier alpha value is -3.06. The van der Waals surface area contributed by atoms with Crippen molar-refractivity contribution in [2.45, 2.75) is 13.3 Å². The molecule has 2 aromatic rings. The van der Waals surface area contributed by atoms with Crippen molar-refractivity contribution >= 4 is 23.4 Å². The minimum atomic E-state index is -0.482. The molecule has 3 amide bonds. The second-order valence-corrected chi connectivity index (χ2v) is 6.28. The molecule has 0 saturated heterocycles. The number of ether oxygens (including phenoxy) is 1. The number of anilines is 1. The molecule has 7 heteroatoms. The fraction of sp³-hybridized carbons (Fsp3) is 0.250. The van der Waals surface area contributed by atoms with E-state index in [4.69, 9.17) is 4.74 Å². The number of benzene rings is 2. The van der Waals surface area contributed by atoms with Gasteiger partial charge in [-0.25, -0.2) is 4.39 Å². The molecule has 1 aliphatic rings. The van der Waals surface area contributed by atoms with Gasteiger partial charge in [-0.3, -0.25) is 19.3 Å². The van der Waals surface area contributed by atoms with Crippen molar-refractivity contribution in [1.29, 1.82) is 0 Å². The fourth-order valence-corrected chi connectivity index (χ4v) is 2.93. The average molecular weight is 370 g/mol. The zero-order valence-electron chi connectivity index (χ0n) is 15.0. The normalized spacial score (nSPS) is 13.1. The average Bonchev–Trinajstić information content (AvgIpc) is 2.89. The highest BCUT2D eigenvalue weighted by molar-refractivity contribution is 6.22. The summed E-state index contributed by atoms with van der Waals surface area (Å²) in [5.74, 6) is -1.75. The molecule has 0 radical (unpaired) electrons. The van der Waals surface area contributed by atoms with Crippen LogP contribution in [0.15, 0.2) is 36.4 Å². The lowest BCUT2D eigenvalue weighted by atomic mass is 10.0. The van der Waals surface area contributed by atoms with Crippen LogP contribution in [-0.2, 0) is 4.74 Å². The number of methoxy groups -OCH3 is 1. The lowest BCUT2D eigenvalue weighted by Gasteiger charge is -2.12. The van der Waals surface area contributed by atoms with Crippen molar-refractivity contribution < 1.29 is 23.5 Å². The van der Waals surface area contributed by atoms with E-state index in [-0.39, 0.29) is 29.1 Å². The molecule has 2 aromatic carbocycles. The van der Waals surface area contributed by atoms with E-state index in [2.05, 4.69) is 5.32 Å². The Kier molecular flexibility index (Phi) is 5.32. The lowest BCUT2D eigenvalue weighted by Crippen LogP contribution is -2.31. The molecule has 27 heavy (non-hydrogen) atoms. The number of imide groups is 1. The third-order valence-electron chi connectivity index (χ3n) is 4.41. The van der Waals surface area contributed by atoms with Crippen molar-refractivity contribution in [3.8, 4) is 0 Å². The van der Waals surface area contributed by atoms with Gasteiger partial charge in [0, 0.05) is 31.5 Å². The van der Waals surface area contributed by atoms with Crippen LogP contribution in [0.5, 0.6) is 0 Å². The highest BCUT2D eigenvalue weighted by Crippen LogP contribution is 2.25. The van der Waals surface area contributed by atoms with Crippen LogP contribution < -0.4 is 5.32 Å². The molecule has 0 fully saturated rings. The Morgan fingerprint density at radius 1 is 1.11 bits per heavy atom. The molecule has 1 N–H and O–H groups in total. The molecule has 3 rings (SSSR count). The monoisotopic (exact) mass is 370 g/mol. The van der Waals surface area contributed by atoms with Crippen LogP contribution in [0.1, 0.15) is 43.1 Å². The minimum absolute atomic E-state index is 0.195. The first-order valence-corrected chi connectivity index (χ1v) is 8.49. The first-order valence-electron chi connectivity index (χ1n) is 8.49. The maximum absolute atomic E-state index is 13.4. The number of halogens is 1. The molecule has 0 unspecified atom stereocenters. The van der Waals surface area contributed by atoms with Crippen molar-refractivity contribution in [1.82, 2.24) is 4.90 Å². The summed E-state index contributed by atoms with van der Waals surface area (Å²) in [5.41, 5.74) is 1.75. The lowest BCUT2D eigenvalue weighted by molar-refractivity contribution is 0.0638. The zero-order chi connectivity index (χ0) is 19.6. The van der Waals surface area contributed by atoms with Gasteiger partial charge in [-0.05, 0) is 49.2 Å². The summed E-state index contributed by atoms with van der Waals surface area (Å²) in [6, 6.07) is 8.45. The summed E-state index contributed by atoms with van der Waals surface area (Å²) < 4.78 is 18.3. The maximum Gasteiger partial charge on any atom is 0.261 e. The number of carbonyl (C=O) groups excluding carboxylic acids is 3. The molecule has 140 valence electrons. The number of aryl methyl sites for hydroxylation is 1. The molecule has 0 bridgehead atoms. The molecule has 0 aromatic heterocycles. The molecule has 6 nitrogen and oxygen atoms in total. The summed E-state index contributed by atoms with van der Waals surface area (Å²) in [6.45, 7) is 2.44. The van der Waals surface area contributed by atoms with Crippen LogP contribution in [0.3, 0.4) is 0 Å². The molecular formula is C20H19FN2O4. The zero-order valence-corrected chi connectivity index (χ0v) is 15.0. The van der Waals surface area contributed by atoms with Gasteiger partial charge in [0.05, 0.1) is 11.1 Å². The molecule has 1 heterocycles. The van der Waals surface area contributed by atoms with Crippen molar-refractivity contribution in [2.24, 2.45) is 0 Å². The first kappa shape index (κ1) is 18.7. The van der Waals surface area contributed by atoms with Crippen LogP contribution >= 0.6 is 0 Å². The summed E-state index contributed by atoms with van der Waals surface area (Å²) in [4.78, 5) is 38.5. The highest BCUT2D eigenvalue weighted by Gasteiger charge is 2.35. The predicted octanol–water partition coefficient (Wildman–Crippen LogP) is 3.02. The predicted molar refractivity (Wildman–Crippen MR) is 97.4 cm³/mol. The first-order chi connectivity index (χ1) is 12.9. The van der Waals surface area contributed by atoms with E-state index in [9.17, 15) is 18.8 Å². The topological polar surface area (TPSA) is 75.7 Å². The van der Waals surface area contributed by atoms with Crippen molar-refractivity contribution in [3.63, 3.8) is 0 Å². The Morgan fingerprint density at radius 3 is 2.59 bits per heavy atom. The number of carbonyl (C=O) groups is 3. The second-order valence-electron chi connectivity index (χ2n) is 6.28. The van der Waals surface area contributed by atoms with Gasteiger partial charge in [0.2, 0.25) is 0 Å². The molecule has 0 spiro atoms. The smallest absolute Gasteiger partial charge is 0.261 e. The van der Waals surface area contributed by atoms with E-state index in [0.717, 1.165) is 4.90 Å². The third-order valence-corrected chi connectivity index (χ3v) is 4.41. The van der Waals surface area contributed by atoms with Crippen LogP contribution in [-0.4, -0.2) is 42.9 Å².